The summed E-state index contributed by atoms with van der Waals surface area (Å²) in [6.45, 7) is 7.69. The molecule has 0 saturated carbocycles. The van der Waals surface area contributed by atoms with Crippen LogP contribution in [0.3, 0.4) is 0 Å². The van der Waals surface area contributed by atoms with Crippen LogP contribution in [0.15, 0.2) is 36.8 Å². The minimum Gasteiger partial charge on any atom is -0.471 e. The predicted octanol–water partition coefficient (Wildman–Crippen LogP) is 1.15. The van der Waals surface area contributed by atoms with Crippen molar-refractivity contribution in [1.82, 2.24) is 5.32 Å². The first kappa shape index (κ1) is 5.95. The van der Waals surface area contributed by atoms with Gasteiger partial charge < -0.3 is 10.1 Å². The monoisotopic (exact) mass is 123 g/mol. The summed E-state index contributed by atoms with van der Waals surface area (Å²) in [6.07, 6.45) is 3.38. The average Bonchev–Trinajstić information content (AvgIpc) is 2.33. The molecule has 2 heteroatoms. The van der Waals surface area contributed by atoms with E-state index in [1.165, 1.54) is 0 Å². The first-order valence-corrected chi connectivity index (χ1v) is 2.74. The number of allylic oxidation sites excluding steroid dienone is 2. The molecule has 0 aromatic rings. The van der Waals surface area contributed by atoms with Crippen molar-refractivity contribution in [3.63, 3.8) is 0 Å². The Hall–Kier alpha value is -1.18. The summed E-state index contributed by atoms with van der Waals surface area (Å²) in [7, 11) is 0. The van der Waals surface area contributed by atoms with E-state index in [1.807, 2.05) is 0 Å². The lowest BCUT2D eigenvalue weighted by Crippen LogP contribution is -2.05. The van der Waals surface area contributed by atoms with E-state index < -0.39 is 0 Å². The van der Waals surface area contributed by atoms with Gasteiger partial charge in [-0.15, -0.1) is 0 Å². The molecule has 0 spiro atoms. The molecule has 1 rings (SSSR count). The second-order valence-electron chi connectivity index (χ2n) is 1.65. The van der Waals surface area contributed by atoms with E-state index in [9.17, 15) is 0 Å². The number of rotatable bonds is 2. The molecular formula is C7H9NO. The normalized spacial score (nSPS) is 16.4. The maximum atomic E-state index is 5.08. The molecule has 0 aromatic carbocycles. The maximum absolute atomic E-state index is 5.08. The fourth-order valence-electron chi connectivity index (χ4n) is 0.698. The fourth-order valence-corrected chi connectivity index (χ4v) is 0.698. The van der Waals surface area contributed by atoms with E-state index in [4.69, 9.17) is 4.74 Å². The van der Waals surface area contributed by atoms with Gasteiger partial charge in [0.2, 0.25) is 0 Å². The average molecular weight is 123 g/mol. The largest absolute Gasteiger partial charge is 0.471 e. The molecule has 0 saturated heterocycles. The molecule has 48 valence electrons. The Balaban J connectivity index is 2.81. The molecule has 0 aliphatic carbocycles. The van der Waals surface area contributed by atoms with Crippen molar-refractivity contribution in [3.8, 4) is 0 Å². The highest BCUT2D eigenvalue weighted by molar-refractivity contribution is 5.27. The molecule has 1 heterocycles. The molecule has 0 radical (unpaired) electrons. The van der Waals surface area contributed by atoms with E-state index >= 15 is 0 Å². The van der Waals surface area contributed by atoms with Gasteiger partial charge in [-0.05, 0) is 12.2 Å². The van der Waals surface area contributed by atoms with Gasteiger partial charge in [0.15, 0.2) is 6.73 Å². The topological polar surface area (TPSA) is 21.3 Å². The zero-order chi connectivity index (χ0) is 6.69. The standard InChI is InChI=1S/C7H9NO/c1-3-6-7(4-2)9-5-8-6/h3-4,8H,1-2,5H2. The third-order valence-corrected chi connectivity index (χ3v) is 1.15. The maximum Gasteiger partial charge on any atom is 0.159 e. The lowest BCUT2D eigenvalue weighted by molar-refractivity contribution is 0.244. The van der Waals surface area contributed by atoms with Crippen LogP contribution in [0.25, 0.3) is 0 Å². The zero-order valence-electron chi connectivity index (χ0n) is 5.18. The molecule has 0 aromatic heterocycles. The number of nitrogens with one attached hydrogen (secondary N) is 1. The summed E-state index contributed by atoms with van der Waals surface area (Å²) >= 11 is 0. The lowest BCUT2D eigenvalue weighted by Gasteiger charge is -1.90. The molecular weight excluding hydrogens is 114 g/mol. The molecule has 0 atom stereocenters. The van der Waals surface area contributed by atoms with E-state index in [2.05, 4.69) is 18.5 Å². The minimum absolute atomic E-state index is 0.530. The van der Waals surface area contributed by atoms with Crippen molar-refractivity contribution >= 4 is 0 Å². The Morgan fingerprint density at radius 3 is 2.67 bits per heavy atom. The van der Waals surface area contributed by atoms with Crippen LogP contribution >= 0.6 is 0 Å². The van der Waals surface area contributed by atoms with Crippen molar-refractivity contribution in [2.24, 2.45) is 0 Å². The van der Waals surface area contributed by atoms with Gasteiger partial charge in [0.1, 0.15) is 5.76 Å². The van der Waals surface area contributed by atoms with Gasteiger partial charge in [-0.3, -0.25) is 0 Å². The van der Waals surface area contributed by atoms with Gasteiger partial charge in [0.05, 0.1) is 5.70 Å². The van der Waals surface area contributed by atoms with E-state index in [0.29, 0.717) is 6.73 Å². The first-order chi connectivity index (χ1) is 4.38. The molecule has 0 fully saturated rings. The molecule has 2 nitrogen and oxygen atoms in total. The highest BCUT2D eigenvalue weighted by Gasteiger charge is 2.06. The SMILES string of the molecule is C=CC1=C(C=C)OCN1. The Morgan fingerprint density at radius 2 is 2.22 bits per heavy atom. The highest BCUT2D eigenvalue weighted by atomic mass is 16.5. The van der Waals surface area contributed by atoms with Crippen LogP contribution in [0.1, 0.15) is 0 Å². The summed E-state index contributed by atoms with van der Waals surface area (Å²) in [6, 6.07) is 0. The zero-order valence-corrected chi connectivity index (χ0v) is 5.18. The summed E-state index contributed by atoms with van der Waals surface area (Å²) in [4.78, 5) is 0. The summed E-state index contributed by atoms with van der Waals surface area (Å²) in [5.41, 5.74) is 0.921. The van der Waals surface area contributed by atoms with E-state index in [0.717, 1.165) is 11.5 Å². The number of hydrogen-bond acceptors (Lipinski definition) is 2. The molecule has 0 amide bonds. The van der Waals surface area contributed by atoms with Gasteiger partial charge >= 0.3 is 0 Å². The molecule has 0 bridgehead atoms. The van der Waals surface area contributed by atoms with Crippen molar-refractivity contribution in [2.45, 2.75) is 0 Å². The smallest absolute Gasteiger partial charge is 0.159 e. The van der Waals surface area contributed by atoms with Crippen molar-refractivity contribution in [1.29, 1.82) is 0 Å². The Kier molecular flexibility index (Phi) is 1.58. The van der Waals surface area contributed by atoms with Crippen molar-refractivity contribution in [3.05, 3.63) is 36.8 Å². The van der Waals surface area contributed by atoms with E-state index in [1.54, 1.807) is 12.2 Å². The van der Waals surface area contributed by atoms with Crippen LogP contribution in [0.2, 0.25) is 0 Å². The van der Waals surface area contributed by atoms with Gasteiger partial charge in [-0.1, -0.05) is 13.2 Å². The molecule has 9 heavy (non-hydrogen) atoms. The third-order valence-electron chi connectivity index (χ3n) is 1.15. The van der Waals surface area contributed by atoms with Crippen molar-refractivity contribution < 1.29 is 4.74 Å². The molecule has 1 aliphatic heterocycles. The van der Waals surface area contributed by atoms with Crippen LogP contribution in [0.5, 0.6) is 0 Å². The fraction of sp³-hybridized carbons (Fsp3) is 0.143. The second kappa shape index (κ2) is 2.40. The van der Waals surface area contributed by atoms with Crippen LogP contribution in [0, 0.1) is 0 Å². The Labute approximate surface area is 54.5 Å². The molecule has 1 aliphatic rings. The van der Waals surface area contributed by atoms with Gasteiger partial charge in [0.25, 0.3) is 0 Å². The quantitative estimate of drug-likeness (QED) is 0.594. The lowest BCUT2D eigenvalue weighted by atomic mass is 10.3. The second-order valence-corrected chi connectivity index (χ2v) is 1.65. The highest BCUT2D eigenvalue weighted by Crippen LogP contribution is 2.10. The summed E-state index contributed by atoms with van der Waals surface area (Å²) < 4.78 is 5.08. The predicted molar refractivity (Wildman–Crippen MR) is 36.5 cm³/mol. The first-order valence-electron chi connectivity index (χ1n) is 2.74. The Bertz CT molecular complexity index is 152. The molecule has 1 N–H and O–H groups in total. The number of ether oxygens (including phenoxy) is 1. The minimum atomic E-state index is 0.530. The molecule has 0 unspecified atom stereocenters. The van der Waals surface area contributed by atoms with Gasteiger partial charge in [-0.25, -0.2) is 0 Å². The van der Waals surface area contributed by atoms with E-state index in [-0.39, 0.29) is 0 Å². The van der Waals surface area contributed by atoms with Crippen LogP contribution < -0.4 is 5.32 Å². The van der Waals surface area contributed by atoms with Crippen LogP contribution in [0.4, 0.5) is 0 Å². The summed E-state index contributed by atoms with van der Waals surface area (Å²) in [5.74, 6) is 0.782. The van der Waals surface area contributed by atoms with Gasteiger partial charge in [-0.2, -0.15) is 0 Å². The van der Waals surface area contributed by atoms with Crippen LogP contribution in [-0.2, 0) is 4.74 Å². The van der Waals surface area contributed by atoms with Crippen molar-refractivity contribution in [2.75, 3.05) is 6.73 Å². The summed E-state index contributed by atoms with van der Waals surface area (Å²) in [5, 5.41) is 2.98. The third kappa shape index (κ3) is 0.964. The Morgan fingerprint density at radius 1 is 1.44 bits per heavy atom. The van der Waals surface area contributed by atoms with Crippen LogP contribution in [-0.4, -0.2) is 6.73 Å². The van der Waals surface area contributed by atoms with Gasteiger partial charge in [0, 0.05) is 0 Å². The number of hydrogen-bond donors (Lipinski definition) is 1.